The molecule has 0 aliphatic carbocycles. The molecule has 0 spiro atoms. The van der Waals surface area contributed by atoms with E-state index in [4.69, 9.17) is 0 Å². The molecule has 0 saturated carbocycles. The molecule has 1 amide bonds. The first-order chi connectivity index (χ1) is 11.7. The summed E-state index contributed by atoms with van der Waals surface area (Å²) in [5.41, 5.74) is 3.28. The fourth-order valence-corrected chi connectivity index (χ4v) is 3.61. The summed E-state index contributed by atoms with van der Waals surface area (Å²) in [7, 11) is 0. The molecule has 0 atom stereocenters. The van der Waals surface area contributed by atoms with Crippen LogP contribution >= 0.6 is 11.3 Å². The first-order valence-corrected chi connectivity index (χ1v) is 8.44. The molecule has 4 aromatic rings. The number of aromatic amines is 1. The molecule has 0 unspecified atom stereocenters. The second-order valence-electron chi connectivity index (χ2n) is 5.54. The van der Waals surface area contributed by atoms with Gasteiger partial charge in [-0.25, -0.2) is 0 Å². The van der Waals surface area contributed by atoms with Crippen LogP contribution in [0.3, 0.4) is 0 Å². The van der Waals surface area contributed by atoms with Gasteiger partial charge in [0.2, 0.25) is 0 Å². The highest BCUT2D eigenvalue weighted by molar-refractivity contribution is 7.20. The zero-order chi connectivity index (χ0) is 16.5. The molecule has 4 nitrogen and oxygen atoms in total. The van der Waals surface area contributed by atoms with Gasteiger partial charge in [0, 0.05) is 10.3 Å². The average Bonchev–Trinajstić information content (AvgIpc) is 3.20. The number of hydrogen-bond donors (Lipinski definition) is 2. The van der Waals surface area contributed by atoms with Gasteiger partial charge in [-0.1, -0.05) is 48.5 Å². The van der Waals surface area contributed by atoms with E-state index >= 15 is 0 Å². The van der Waals surface area contributed by atoms with Gasteiger partial charge in [0.25, 0.3) is 5.91 Å². The van der Waals surface area contributed by atoms with Crippen molar-refractivity contribution in [2.45, 2.75) is 6.92 Å². The molecule has 0 fully saturated rings. The number of carbonyl (C=O) groups excluding carboxylic acids is 1. The molecule has 0 aliphatic heterocycles. The van der Waals surface area contributed by atoms with Crippen molar-refractivity contribution in [3.63, 3.8) is 0 Å². The molecule has 0 saturated heterocycles. The van der Waals surface area contributed by atoms with Crippen LogP contribution in [0.25, 0.3) is 21.3 Å². The monoisotopic (exact) mass is 333 g/mol. The van der Waals surface area contributed by atoms with Crippen LogP contribution in [-0.2, 0) is 0 Å². The summed E-state index contributed by atoms with van der Waals surface area (Å²) >= 11 is 1.49. The molecule has 2 heterocycles. The Morgan fingerprint density at radius 3 is 2.62 bits per heavy atom. The van der Waals surface area contributed by atoms with E-state index in [2.05, 4.69) is 15.5 Å². The van der Waals surface area contributed by atoms with Crippen molar-refractivity contribution in [3.05, 3.63) is 71.2 Å². The number of fused-ring (bicyclic) bond motifs is 1. The number of aryl methyl sites for hydroxylation is 1. The number of amides is 1. The Labute approximate surface area is 143 Å². The second-order valence-corrected chi connectivity index (χ2v) is 6.62. The SMILES string of the molecule is Cc1[nH]nc(-c2ccccc2)c1NC(=O)c1cc2ccccc2s1. The van der Waals surface area contributed by atoms with E-state index in [0.29, 0.717) is 4.88 Å². The molecule has 0 bridgehead atoms. The summed E-state index contributed by atoms with van der Waals surface area (Å²) in [5, 5.41) is 11.4. The van der Waals surface area contributed by atoms with Crippen LogP contribution in [0.4, 0.5) is 5.69 Å². The fourth-order valence-electron chi connectivity index (χ4n) is 2.66. The Bertz CT molecular complexity index is 984. The summed E-state index contributed by atoms with van der Waals surface area (Å²) in [6, 6.07) is 19.7. The maximum atomic E-state index is 12.7. The van der Waals surface area contributed by atoms with Crippen molar-refractivity contribution < 1.29 is 4.79 Å². The lowest BCUT2D eigenvalue weighted by atomic mass is 10.1. The van der Waals surface area contributed by atoms with Crippen LogP contribution in [0, 0.1) is 6.92 Å². The average molecular weight is 333 g/mol. The third-order valence-corrected chi connectivity index (χ3v) is 5.00. The molecule has 118 valence electrons. The lowest BCUT2D eigenvalue weighted by Crippen LogP contribution is -2.11. The maximum Gasteiger partial charge on any atom is 0.265 e. The minimum absolute atomic E-state index is 0.113. The Morgan fingerprint density at radius 2 is 1.83 bits per heavy atom. The number of aromatic nitrogens is 2. The molecule has 5 heteroatoms. The van der Waals surface area contributed by atoms with Gasteiger partial charge in [0.15, 0.2) is 0 Å². The number of anilines is 1. The number of rotatable bonds is 3. The van der Waals surface area contributed by atoms with Gasteiger partial charge >= 0.3 is 0 Å². The van der Waals surface area contributed by atoms with Crippen LogP contribution in [0.2, 0.25) is 0 Å². The predicted molar refractivity (Wildman–Crippen MR) is 98.5 cm³/mol. The summed E-state index contributed by atoms with van der Waals surface area (Å²) in [6.07, 6.45) is 0. The second kappa shape index (κ2) is 5.94. The summed E-state index contributed by atoms with van der Waals surface area (Å²) < 4.78 is 1.11. The molecular formula is C19H15N3OS. The zero-order valence-corrected chi connectivity index (χ0v) is 13.9. The predicted octanol–water partition coefficient (Wildman–Crippen LogP) is 4.85. The standard InChI is InChI=1S/C19H15N3OS/c1-12-17(18(22-21-12)13-7-3-2-4-8-13)20-19(23)16-11-14-9-5-6-10-15(14)24-16/h2-11H,1H3,(H,20,23)(H,21,22). The van der Waals surface area contributed by atoms with Crippen molar-refractivity contribution in [1.29, 1.82) is 0 Å². The lowest BCUT2D eigenvalue weighted by molar-refractivity contribution is 0.103. The van der Waals surface area contributed by atoms with Crippen LogP contribution in [0.15, 0.2) is 60.7 Å². The number of nitrogens with one attached hydrogen (secondary N) is 2. The van der Waals surface area contributed by atoms with Crippen molar-refractivity contribution in [2.75, 3.05) is 5.32 Å². The number of nitrogens with zero attached hydrogens (tertiary/aromatic N) is 1. The summed E-state index contributed by atoms with van der Waals surface area (Å²) in [6.45, 7) is 1.90. The lowest BCUT2D eigenvalue weighted by Gasteiger charge is -2.05. The van der Waals surface area contributed by atoms with Crippen molar-refractivity contribution in [3.8, 4) is 11.3 Å². The third kappa shape index (κ3) is 2.59. The molecule has 0 aliphatic rings. The molecule has 2 N–H and O–H groups in total. The van der Waals surface area contributed by atoms with Gasteiger partial charge in [-0.15, -0.1) is 11.3 Å². The van der Waals surface area contributed by atoms with Crippen LogP contribution in [0.1, 0.15) is 15.4 Å². The van der Waals surface area contributed by atoms with Crippen molar-refractivity contribution in [2.24, 2.45) is 0 Å². The number of carbonyl (C=O) groups is 1. The number of hydrogen-bond acceptors (Lipinski definition) is 3. The summed E-state index contributed by atoms with van der Waals surface area (Å²) in [5.74, 6) is -0.113. The molecule has 0 radical (unpaired) electrons. The molecule has 24 heavy (non-hydrogen) atoms. The van der Waals surface area contributed by atoms with Crippen LogP contribution in [-0.4, -0.2) is 16.1 Å². The normalized spacial score (nSPS) is 10.9. The van der Waals surface area contributed by atoms with Gasteiger partial charge in [-0.2, -0.15) is 5.10 Å². The fraction of sp³-hybridized carbons (Fsp3) is 0.0526. The van der Waals surface area contributed by atoms with Gasteiger partial charge in [-0.05, 0) is 24.4 Å². The van der Waals surface area contributed by atoms with Crippen molar-refractivity contribution in [1.82, 2.24) is 10.2 Å². The Kier molecular flexibility index (Phi) is 3.63. The quantitative estimate of drug-likeness (QED) is 0.563. The van der Waals surface area contributed by atoms with E-state index in [-0.39, 0.29) is 5.91 Å². The minimum atomic E-state index is -0.113. The Balaban J connectivity index is 1.68. The van der Waals surface area contributed by atoms with Gasteiger partial charge in [0.05, 0.1) is 16.3 Å². The van der Waals surface area contributed by atoms with E-state index < -0.39 is 0 Å². The number of benzene rings is 2. The molecule has 2 aromatic carbocycles. The van der Waals surface area contributed by atoms with Crippen molar-refractivity contribution >= 4 is 33.0 Å². The topological polar surface area (TPSA) is 57.8 Å². The maximum absolute atomic E-state index is 12.7. The first kappa shape index (κ1) is 14.7. The van der Waals surface area contributed by atoms with Crippen LogP contribution in [0.5, 0.6) is 0 Å². The van der Waals surface area contributed by atoms with E-state index in [1.165, 1.54) is 11.3 Å². The number of H-pyrrole nitrogens is 1. The summed E-state index contributed by atoms with van der Waals surface area (Å²) in [4.78, 5) is 13.4. The van der Waals surface area contributed by atoms with Gasteiger partial charge in [0.1, 0.15) is 5.69 Å². The van der Waals surface area contributed by atoms with E-state index in [1.807, 2.05) is 67.6 Å². The third-order valence-electron chi connectivity index (χ3n) is 3.88. The highest BCUT2D eigenvalue weighted by Gasteiger charge is 2.17. The van der Waals surface area contributed by atoms with E-state index in [0.717, 1.165) is 32.7 Å². The highest BCUT2D eigenvalue weighted by atomic mass is 32.1. The minimum Gasteiger partial charge on any atom is -0.318 e. The van der Waals surface area contributed by atoms with Gasteiger partial charge in [-0.3, -0.25) is 9.89 Å². The van der Waals surface area contributed by atoms with Gasteiger partial charge < -0.3 is 5.32 Å². The van der Waals surface area contributed by atoms with Crippen LogP contribution < -0.4 is 5.32 Å². The smallest absolute Gasteiger partial charge is 0.265 e. The Hall–Kier alpha value is -2.92. The largest absolute Gasteiger partial charge is 0.318 e. The van der Waals surface area contributed by atoms with E-state index in [1.54, 1.807) is 0 Å². The first-order valence-electron chi connectivity index (χ1n) is 7.62. The molecule has 4 rings (SSSR count). The zero-order valence-electron chi connectivity index (χ0n) is 13.0. The highest BCUT2D eigenvalue weighted by Crippen LogP contribution is 2.30. The molecular weight excluding hydrogens is 318 g/mol. The molecule has 2 aromatic heterocycles. The number of thiophene rings is 1. The Morgan fingerprint density at radius 1 is 1.08 bits per heavy atom. The van der Waals surface area contributed by atoms with E-state index in [9.17, 15) is 4.79 Å².